The van der Waals surface area contributed by atoms with Crippen LogP contribution in [0.1, 0.15) is 4.88 Å². The Morgan fingerprint density at radius 1 is 1.32 bits per heavy atom. The van der Waals surface area contributed by atoms with Gasteiger partial charge in [-0.3, -0.25) is 0 Å². The lowest BCUT2D eigenvalue weighted by atomic mass is 10.2. The number of benzene rings is 1. The van der Waals surface area contributed by atoms with Gasteiger partial charge in [0, 0.05) is 5.56 Å². The van der Waals surface area contributed by atoms with Crippen LogP contribution < -0.4 is 9.47 Å². The SMILES string of the molecule is COc1ccc(-c2nc(Br)c(CC#N)s2)cc1OC. The second kappa shape index (κ2) is 6.04. The van der Waals surface area contributed by atoms with E-state index in [9.17, 15) is 0 Å². The van der Waals surface area contributed by atoms with Crippen LogP contribution in [0.4, 0.5) is 0 Å². The van der Waals surface area contributed by atoms with Crippen molar-refractivity contribution in [2.24, 2.45) is 0 Å². The minimum Gasteiger partial charge on any atom is -0.493 e. The Morgan fingerprint density at radius 2 is 2.05 bits per heavy atom. The topological polar surface area (TPSA) is 55.1 Å². The Morgan fingerprint density at radius 3 is 2.68 bits per heavy atom. The highest BCUT2D eigenvalue weighted by atomic mass is 79.9. The molecular formula is C13H11BrN2O2S. The average Bonchev–Trinajstić information content (AvgIpc) is 2.80. The number of halogens is 1. The highest BCUT2D eigenvalue weighted by Crippen LogP contribution is 2.36. The molecule has 19 heavy (non-hydrogen) atoms. The molecule has 2 rings (SSSR count). The van der Waals surface area contributed by atoms with Gasteiger partial charge in [-0.25, -0.2) is 4.98 Å². The zero-order valence-corrected chi connectivity index (χ0v) is 12.8. The maximum absolute atomic E-state index is 8.75. The van der Waals surface area contributed by atoms with E-state index in [1.54, 1.807) is 14.2 Å². The molecule has 0 saturated heterocycles. The van der Waals surface area contributed by atoms with Crippen LogP contribution in [0.25, 0.3) is 10.6 Å². The normalized spacial score (nSPS) is 10.0. The molecule has 1 heterocycles. The van der Waals surface area contributed by atoms with E-state index in [0.717, 1.165) is 20.1 Å². The van der Waals surface area contributed by atoms with Crippen molar-refractivity contribution in [1.82, 2.24) is 4.98 Å². The first-order valence-corrected chi connectivity index (χ1v) is 7.05. The van der Waals surface area contributed by atoms with Gasteiger partial charge in [-0.15, -0.1) is 11.3 Å². The van der Waals surface area contributed by atoms with Crippen molar-refractivity contribution in [3.8, 4) is 28.1 Å². The predicted octanol–water partition coefficient (Wildman–Crippen LogP) is 3.66. The highest BCUT2D eigenvalue weighted by Gasteiger charge is 2.12. The Balaban J connectivity index is 2.42. The molecule has 0 amide bonds. The first kappa shape index (κ1) is 13.8. The van der Waals surface area contributed by atoms with Crippen LogP contribution in [0.3, 0.4) is 0 Å². The number of rotatable bonds is 4. The van der Waals surface area contributed by atoms with E-state index in [4.69, 9.17) is 14.7 Å². The van der Waals surface area contributed by atoms with Crippen molar-refractivity contribution < 1.29 is 9.47 Å². The third-order valence-corrected chi connectivity index (χ3v) is 4.54. The second-order valence-corrected chi connectivity index (χ2v) is 5.47. The molecule has 0 aliphatic rings. The third kappa shape index (κ3) is 2.88. The van der Waals surface area contributed by atoms with Gasteiger partial charge >= 0.3 is 0 Å². The van der Waals surface area contributed by atoms with Crippen LogP contribution in [0, 0.1) is 11.3 Å². The summed E-state index contributed by atoms with van der Waals surface area (Å²) in [6.45, 7) is 0. The maximum Gasteiger partial charge on any atom is 0.161 e. The lowest BCUT2D eigenvalue weighted by Crippen LogP contribution is -1.90. The molecule has 0 radical (unpaired) electrons. The summed E-state index contributed by atoms with van der Waals surface area (Å²) in [6, 6.07) is 7.76. The highest BCUT2D eigenvalue weighted by molar-refractivity contribution is 9.10. The molecule has 6 heteroatoms. The molecule has 0 atom stereocenters. The van der Waals surface area contributed by atoms with Crippen molar-refractivity contribution in [3.63, 3.8) is 0 Å². The van der Waals surface area contributed by atoms with Gasteiger partial charge in [0.05, 0.1) is 31.6 Å². The average molecular weight is 339 g/mol. The molecular weight excluding hydrogens is 328 g/mol. The number of nitrogens with zero attached hydrogens (tertiary/aromatic N) is 2. The van der Waals surface area contributed by atoms with Crippen molar-refractivity contribution in [2.45, 2.75) is 6.42 Å². The smallest absolute Gasteiger partial charge is 0.161 e. The van der Waals surface area contributed by atoms with E-state index in [1.165, 1.54) is 11.3 Å². The monoisotopic (exact) mass is 338 g/mol. The fourth-order valence-electron chi connectivity index (χ4n) is 1.61. The minimum absolute atomic E-state index is 0.353. The number of methoxy groups -OCH3 is 2. The van der Waals surface area contributed by atoms with E-state index >= 15 is 0 Å². The van der Waals surface area contributed by atoms with Crippen molar-refractivity contribution >= 4 is 27.3 Å². The summed E-state index contributed by atoms with van der Waals surface area (Å²) >= 11 is 4.86. The van der Waals surface area contributed by atoms with E-state index in [2.05, 4.69) is 27.0 Å². The fraction of sp³-hybridized carbons (Fsp3) is 0.231. The van der Waals surface area contributed by atoms with Crippen molar-refractivity contribution in [2.75, 3.05) is 14.2 Å². The first-order valence-electron chi connectivity index (χ1n) is 5.44. The van der Waals surface area contributed by atoms with Gasteiger partial charge in [-0.1, -0.05) is 0 Å². The molecule has 98 valence electrons. The molecule has 0 unspecified atom stereocenters. The Hall–Kier alpha value is -1.58. The maximum atomic E-state index is 8.75. The second-order valence-electron chi connectivity index (χ2n) is 3.64. The van der Waals surface area contributed by atoms with E-state index in [-0.39, 0.29) is 0 Å². The van der Waals surface area contributed by atoms with Crippen molar-refractivity contribution in [1.29, 1.82) is 5.26 Å². The van der Waals surface area contributed by atoms with Gasteiger partial charge in [-0.05, 0) is 34.1 Å². The number of hydrogen-bond acceptors (Lipinski definition) is 5. The molecule has 4 nitrogen and oxygen atoms in total. The molecule has 0 bridgehead atoms. The van der Waals surface area contributed by atoms with Crippen LogP contribution in [0.15, 0.2) is 22.8 Å². The largest absolute Gasteiger partial charge is 0.493 e. The summed E-state index contributed by atoms with van der Waals surface area (Å²) in [6.07, 6.45) is 0.353. The summed E-state index contributed by atoms with van der Waals surface area (Å²) < 4.78 is 11.2. The number of nitriles is 1. The number of thiazole rings is 1. The fourth-order valence-corrected chi connectivity index (χ4v) is 3.17. The van der Waals surface area contributed by atoms with Crippen LogP contribution >= 0.6 is 27.3 Å². The van der Waals surface area contributed by atoms with Gasteiger partial charge in [-0.2, -0.15) is 5.26 Å². The Bertz CT molecular complexity index is 634. The molecule has 0 aliphatic heterocycles. The summed E-state index contributed by atoms with van der Waals surface area (Å²) in [5, 5.41) is 9.59. The van der Waals surface area contributed by atoms with E-state index in [0.29, 0.717) is 17.9 Å². The van der Waals surface area contributed by atoms with Gasteiger partial charge in [0.15, 0.2) is 11.5 Å². The van der Waals surface area contributed by atoms with Crippen LogP contribution in [0.2, 0.25) is 0 Å². The number of ether oxygens (including phenoxy) is 2. The van der Waals surface area contributed by atoms with Gasteiger partial charge in [0.25, 0.3) is 0 Å². The third-order valence-electron chi connectivity index (χ3n) is 2.52. The quantitative estimate of drug-likeness (QED) is 0.853. The number of aromatic nitrogens is 1. The standard InChI is InChI=1S/C13H11BrN2O2S/c1-17-9-4-3-8(7-10(9)18-2)13-16-12(14)11(19-13)5-6-15/h3-4,7H,5H2,1-2H3. The van der Waals surface area contributed by atoms with E-state index in [1.807, 2.05) is 18.2 Å². The van der Waals surface area contributed by atoms with Crippen molar-refractivity contribution in [3.05, 3.63) is 27.7 Å². The van der Waals surface area contributed by atoms with Gasteiger partial charge in [0.1, 0.15) is 9.61 Å². The van der Waals surface area contributed by atoms with Gasteiger partial charge < -0.3 is 9.47 Å². The number of hydrogen-bond donors (Lipinski definition) is 0. The lowest BCUT2D eigenvalue weighted by molar-refractivity contribution is 0.355. The molecule has 0 spiro atoms. The summed E-state index contributed by atoms with van der Waals surface area (Å²) in [5.41, 5.74) is 0.938. The summed E-state index contributed by atoms with van der Waals surface area (Å²) in [4.78, 5) is 5.34. The zero-order chi connectivity index (χ0) is 13.8. The molecule has 2 aromatic rings. The van der Waals surface area contributed by atoms with Gasteiger partial charge in [0.2, 0.25) is 0 Å². The molecule has 0 saturated carbocycles. The molecule has 1 aromatic carbocycles. The molecule has 0 aliphatic carbocycles. The molecule has 1 aromatic heterocycles. The predicted molar refractivity (Wildman–Crippen MR) is 77.7 cm³/mol. The molecule has 0 fully saturated rings. The minimum atomic E-state index is 0.353. The van der Waals surface area contributed by atoms with Crippen LogP contribution in [-0.4, -0.2) is 19.2 Å². The Labute approximate surface area is 123 Å². The summed E-state index contributed by atoms with van der Waals surface area (Å²) in [7, 11) is 3.20. The Kier molecular flexibility index (Phi) is 4.40. The summed E-state index contributed by atoms with van der Waals surface area (Å²) in [5.74, 6) is 1.34. The zero-order valence-electron chi connectivity index (χ0n) is 10.4. The van der Waals surface area contributed by atoms with Crippen LogP contribution in [0.5, 0.6) is 11.5 Å². The first-order chi connectivity index (χ1) is 9.19. The van der Waals surface area contributed by atoms with Crippen LogP contribution in [-0.2, 0) is 6.42 Å². The molecule has 0 N–H and O–H groups in total. The van der Waals surface area contributed by atoms with E-state index < -0.39 is 0 Å². The lowest BCUT2D eigenvalue weighted by Gasteiger charge is -2.08.